The molecule has 2 heterocycles. The highest BCUT2D eigenvalue weighted by molar-refractivity contribution is 5.89. The maximum Gasteiger partial charge on any atom is 0.334 e. The number of urea groups is 1. The van der Waals surface area contributed by atoms with Crippen molar-refractivity contribution in [1.29, 1.82) is 0 Å². The summed E-state index contributed by atoms with van der Waals surface area (Å²) in [5.74, 6) is -0.669. The third kappa shape index (κ3) is 4.83. The van der Waals surface area contributed by atoms with Crippen LogP contribution in [-0.4, -0.2) is 90.8 Å². The number of fused-ring (bicyclic) bond motifs is 1. The highest BCUT2D eigenvalue weighted by Gasteiger charge is 2.45. The molecule has 1 N–H and O–H groups in total. The predicted octanol–water partition coefficient (Wildman–Crippen LogP) is 0.231. The largest absolute Gasteiger partial charge is 0.385 e. The van der Waals surface area contributed by atoms with Crippen molar-refractivity contribution in [1.82, 2.24) is 25.1 Å². The van der Waals surface area contributed by atoms with Crippen LogP contribution >= 0.6 is 0 Å². The average molecular weight is 407 g/mol. The number of nitrogens with zero attached hydrogens (tertiary/aromatic N) is 4. The van der Waals surface area contributed by atoms with Crippen molar-refractivity contribution in [2.24, 2.45) is 0 Å². The first-order valence-corrected chi connectivity index (χ1v) is 9.49. The molecule has 2 aliphatic heterocycles. The molecule has 158 valence electrons. The van der Waals surface area contributed by atoms with Crippen molar-refractivity contribution >= 4 is 17.8 Å². The Balaban J connectivity index is 1.69. The van der Waals surface area contributed by atoms with E-state index >= 15 is 0 Å². The monoisotopic (exact) mass is 407 g/mol. The molecule has 0 aliphatic carbocycles. The zero-order chi connectivity index (χ0) is 21.0. The molecule has 0 aromatic heterocycles. The number of ether oxygens (including phenoxy) is 1. The fraction of sp³-hybridized carbons (Fsp3) is 0.526. The summed E-state index contributed by atoms with van der Waals surface area (Å²) < 4.78 is 18.1. The number of hydrazine groups is 1. The van der Waals surface area contributed by atoms with Gasteiger partial charge in [0.15, 0.2) is 0 Å². The van der Waals surface area contributed by atoms with Crippen molar-refractivity contribution in [3.63, 3.8) is 0 Å². The van der Waals surface area contributed by atoms with Crippen molar-refractivity contribution in [3.05, 3.63) is 35.6 Å². The Morgan fingerprint density at radius 1 is 1.21 bits per heavy atom. The number of piperazine rings is 1. The lowest BCUT2D eigenvalue weighted by atomic mass is 10.2. The zero-order valence-electron chi connectivity index (χ0n) is 16.6. The molecule has 2 aliphatic rings. The van der Waals surface area contributed by atoms with Gasteiger partial charge in [0.1, 0.15) is 18.5 Å². The minimum absolute atomic E-state index is 0.0113. The van der Waals surface area contributed by atoms with Gasteiger partial charge in [0, 0.05) is 33.9 Å². The molecule has 1 unspecified atom stereocenters. The Hall–Kier alpha value is -2.72. The molecule has 2 saturated heterocycles. The lowest BCUT2D eigenvalue weighted by Gasteiger charge is -2.51. The molecule has 9 nitrogen and oxygen atoms in total. The van der Waals surface area contributed by atoms with Gasteiger partial charge >= 0.3 is 6.03 Å². The molecule has 1 atom stereocenters. The van der Waals surface area contributed by atoms with Crippen LogP contribution in [-0.2, 0) is 20.9 Å². The first kappa shape index (κ1) is 21.0. The Labute approximate surface area is 168 Å². The SMILES string of the molecule is COCCCN1CC2N(CC1=O)C(=O)CN(C)N2C(=O)NCc1ccc(F)cc1. The Bertz CT molecular complexity index is 759. The molecule has 0 radical (unpaired) electrons. The Morgan fingerprint density at radius 3 is 2.62 bits per heavy atom. The number of hydrogen-bond acceptors (Lipinski definition) is 5. The van der Waals surface area contributed by atoms with Crippen molar-refractivity contribution in [2.75, 3.05) is 46.9 Å². The number of amides is 4. The first-order valence-electron chi connectivity index (χ1n) is 9.49. The molecular weight excluding hydrogens is 381 g/mol. The summed E-state index contributed by atoms with van der Waals surface area (Å²) in [6, 6.07) is 5.48. The second kappa shape index (κ2) is 9.19. The van der Waals surface area contributed by atoms with Crippen molar-refractivity contribution in [3.8, 4) is 0 Å². The van der Waals surface area contributed by atoms with E-state index in [1.807, 2.05) is 0 Å². The standard InChI is InChI=1S/C19H26FN5O4/c1-22-12-18(27)24-13-17(26)23(8-3-9-29-2)11-16(24)25(22)19(28)21-10-14-4-6-15(20)7-5-14/h4-7,16H,3,8-13H2,1-2H3,(H,21,28). The fourth-order valence-corrected chi connectivity index (χ4v) is 3.57. The van der Waals surface area contributed by atoms with Crippen LogP contribution < -0.4 is 5.32 Å². The van der Waals surface area contributed by atoms with Crippen LogP contribution in [0.1, 0.15) is 12.0 Å². The first-order chi connectivity index (χ1) is 13.9. The Kier molecular flexibility index (Phi) is 6.65. The van der Waals surface area contributed by atoms with Crippen LogP contribution in [0.5, 0.6) is 0 Å². The lowest BCUT2D eigenvalue weighted by Crippen LogP contribution is -2.73. The second-order valence-electron chi connectivity index (χ2n) is 7.13. The highest BCUT2D eigenvalue weighted by atomic mass is 19.1. The zero-order valence-corrected chi connectivity index (χ0v) is 16.6. The molecule has 0 saturated carbocycles. The predicted molar refractivity (Wildman–Crippen MR) is 102 cm³/mol. The normalized spacial score (nSPS) is 20.1. The summed E-state index contributed by atoms with van der Waals surface area (Å²) in [6.07, 6.45) is 0.102. The average Bonchev–Trinajstić information content (AvgIpc) is 2.69. The van der Waals surface area contributed by atoms with E-state index in [0.717, 1.165) is 5.56 Å². The number of nitrogens with one attached hydrogen (secondary N) is 1. The summed E-state index contributed by atoms with van der Waals surface area (Å²) in [7, 11) is 3.26. The van der Waals surface area contributed by atoms with E-state index in [2.05, 4.69) is 5.32 Å². The molecule has 0 bridgehead atoms. The minimum Gasteiger partial charge on any atom is -0.385 e. The summed E-state index contributed by atoms with van der Waals surface area (Å²) in [6.45, 7) is 1.45. The van der Waals surface area contributed by atoms with Crippen LogP contribution in [0.4, 0.5) is 9.18 Å². The molecule has 0 spiro atoms. The van der Waals surface area contributed by atoms with E-state index in [4.69, 9.17) is 4.74 Å². The number of benzene rings is 1. The third-order valence-electron chi connectivity index (χ3n) is 5.08. The van der Waals surface area contributed by atoms with Crippen LogP contribution in [0.2, 0.25) is 0 Å². The van der Waals surface area contributed by atoms with Crippen LogP contribution in [0, 0.1) is 5.82 Å². The van der Waals surface area contributed by atoms with Crippen molar-refractivity contribution in [2.45, 2.75) is 19.1 Å². The number of halogens is 1. The van der Waals surface area contributed by atoms with Gasteiger partial charge in [-0.05, 0) is 24.1 Å². The number of carbonyl (C=O) groups is 3. The molecule has 10 heteroatoms. The number of methoxy groups -OCH3 is 1. The summed E-state index contributed by atoms with van der Waals surface area (Å²) in [4.78, 5) is 40.9. The van der Waals surface area contributed by atoms with Crippen LogP contribution in [0.3, 0.4) is 0 Å². The Morgan fingerprint density at radius 2 is 1.93 bits per heavy atom. The molecule has 1 aromatic carbocycles. The minimum atomic E-state index is -0.574. The highest BCUT2D eigenvalue weighted by Crippen LogP contribution is 2.21. The molecule has 3 rings (SSSR count). The topological polar surface area (TPSA) is 85.4 Å². The van der Waals surface area contributed by atoms with Crippen molar-refractivity contribution < 1.29 is 23.5 Å². The fourth-order valence-electron chi connectivity index (χ4n) is 3.57. The van der Waals surface area contributed by atoms with Gasteiger partial charge in [-0.1, -0.05) is 12.1 Å². The van der Waals surface area contributed by atoms with Gasteiger partial charge in [-0.3, -0.25) is 9.59 Å². The van der Waals surface area contributed by atoms with Gasteiger partial charge in [-0.15, -0.1) is 0 Å². The number of likely N-dealkylation sites (N-methyl/N-ethyl adjacent to an activating group) is 1. The molecular formula is C19H26FN5O4. The number of carbonyl (C=O) groups excluding carboxylic acids is 3. The maximum atomic E-state index is 13.0. The summed E-state index contributed by atoms with van der Waals surface area (Å²) in [5, 5.41) is 5.84. The van der Waals surface area contributed by atoms with Gasteiger partial charge < -0.3 is 19.9 Å². The molecule has 1 aromatic rings. The smallest absolute Gasteiger partial charge is 0.334 e. The molecule has 4 amide bonds. The summed E-state index contributed by atoms with van der Waals surface area (Å²) >= 11 is 0. The number of rotatable bonds is 6. The van der Waals surface area contributed by atoms with Gasteiger partial charge in [-0.2, -0.15) is 0 Å². The lowest BCUT2D eigenvalue weighted by molar-refractivity contribution is -0.178. The van der Waals surface area contributed by atoms with E-state index < -0.39 is 6.17 Å². The van der Waals surface area contributed by atoms with Crippen LogP contribution in [0.25, 0.3) is 0 Å². The van der Waals surface area contributed by atoms with E-state index in [-0.39, 0.29) is 49.8 Å². The quantitative estimate of drug-likeness (QED) is 0.683. The van der Waals surface area contributed by atoms with E-state index in [1.54, 1.807) is 36.2 Å². The van der Waals surface area contributed by atoms with Gasteiger partial charge in [-0.25, -0.2) is 19.2 Å². The van der Waals surface area contributed by atoms with Crippen LogP contribution in [0.15, 0.2) is 24.3 Å². The summed E-state index contributed by atoms with van der Waals surface area (Å²) in [5.41, 5.74) is 0.757. The molecule has 2 fully saturated rings. The van der Waals surface area contributed by atoms with E-state index in [0.29, 0.717) is 19.6 Å². The molecule has 29 heavy (non-hydrogen) atoms. The van der Waals surface area contributed by atoms with Gasteiger partial charge in [0.05, 0.1) is 13.1 Å². The second-order valence-corrected chi connectivity index (χ2v) is 7.13. The van der Waals surface area contributed by atoms with Gasteiger partial charge in [0.2, 0.25) is 11.8 Å². The third-order valence-corrected chi connectivity index (χ3v) is 5.08. The maximum absolute atomic E-state index is 13.0. The van der Waals surface area contributed by atoms with E-state index in [1.165, 1.54) is 22.0 Å². The van der Waals surface area contributed by atoms with Gasteiger partial charge in [0.25, 0.3) is 0 Å². The number of hydrogen-bond donors (Lipinski definition) is 1. The van der Waals surface area contributed by atoms with E-state index in [9.17, 15) is 18.8 Å².